The van der Waals surface area contributed by atoms with Gasteiger partial charge in [-0.2, -0.15) is 0 Å². The van der Waals surface area contributed by atoms with Crippen molar-refractivity contribution in [3.05, 3.63) is 65.7 Å². The lowest BCUT2D eigenvalue weighted by molar-refractivity contribution is -0.141. The number of carboxylic acids is 1. The molecule has 3 N–H and O–H groups in total. The minimum atomic E-state index is -0.887. The van der Waals surface area contributed by atoms with Gasteiger partial charge in [-0.15, -0.1) is 0 Å². The SMILES string of the molecule is O=C(NCc1ccccc1)c1cccc(NC(=O)N2CCC(C(=O)O)C2)c1. The second-order valence-corrected chi connectivity index (χ2v) is 6.45. The van der Waals surface area contributed by atoms with Gasteiger partial charge >= 0.3 is 12.0 Å². The van der Waals surface area contributed by atoms with E-state index in [2.05, 4.69) is 10.6 Å². The van der Waals surface area contributed by atoms with Gasteiger partial charge in [-0.1, -0.05) is 36.4 Å². The van der Waals surface area contributed by atoms with E-state index in [1.165, 1.54) is 4.90 Å². The second-order valence-electron chi connectivity index (χ2n) is 6.45. The van der Waals surface area contributed by atoms with Crippen LogP contribution in [-0.4, -0.2) is 41.0 Å². The van der Waals surface area contributed by atoms with Gasteiger partial charge in [0.2, 0.25) is 0 Å². The molecule has 1 heterocycles. The van der Waals surface area contributed by atoms with Crippen LogP contribution in [0.3, 0.4) is 0 Å². The molecule has 2 aromatic carbocycles. The van der Waals surface area contributed by atoms with Crippen LogP contribution in [0.2, 0.25) is 0 Å². The summed E-state index contributed by atoms with van der Waals surface area (Å²) in [6.07, 6.45) is 0.449. The van der Waals surface area contributed by atoms with Crippen LogP contribution in [0.4, 0.5) is 10.5 Å². The minimum absolute atomic E-state index is 0.193. The van der Waals surface area contributed by atoms with E-state index in [1.807, 2.05) is 30.3 Å². The van der Waals surface area contributed by atoms with Crippen molar-refractivity contribution in [2.75, 3.05) is 18.4 Å². The van der Waals surface area contributed by atoms with Gasteiger partial charge < -0.3 is 20.6 Å². The highest BCUT2D eigenvalue weighted by Crippen LogP contribution is 2.18. The van der Waals surface area contributed by atoms with Crippen molar-refractivity contribution in [2.45, 2.75) is 13.0 Å². The van der Waals surface area contributed by atoms with Gasteiger partial charge in [-0.05, 0) is 30.2 Å². The molecular formula is C20H21N3O4. The Labute approximate surface area is 157 Å². The third-order valence-corrected chi connectivity index (χ3v) is 4.50. The monoisotopic (exact) mass is 367 g/mol. The molecule has 1 fully saturated rings. The number of carbonyl (C=O) groups excluding carboxylic acids is 2. The number of hydrogen-bond donors (Lipinski definition) is 3. The van der Waals surface area contributed by atoms with Gasteiger partial charge in [-0.25, -0.2) is 4.79 Å². The van der Waals surface area contributed by atoms with E-state index in [-0.39, 0.29) is 18.5 Å². The lowest BCUT2D eigenvalue weighted by Gasteiger charge is -2.17. The summed E-state index contributed by atoms with van der Waals surface area (Å²) < 4.78 is 0. The lowest BCUT2D eigenvalue weighted by Crippen LogP contribution is -2.33. The number of likely N-dealkylation sites (tertiary alicyclic amines) is 1. The number of nitrogens with zero attached hydrogens (tertiary/aromatic N) is 1. The maximum Gasteiger partial charge on any atom is 0.321 e. The molecule has 1 aliphatic rings. The number of carbonyl (C=O) groups is 3. The number of urea groups is 1. The zero-order chi connectivity index (χ0) is 19.2. The molecule has 7 nitrogen and oxygen atoms in total. The summed E-state index contributed by atoms with van der Waals surface area (Å²) in [5.41, 5.74) is 1.93. The first-order valence-electron chi connectivity index (χ1n) is 8.74. The Hall–Kier alpha value is -3.35. The number of rotatable bonds is 5. The second kappa shape index (κ2) is 8.35. The smallest absolute Gasteiger partial charge is 0.321 e. The third kappa shape index (κ3) is 4.84. The van der Waals surface area contributed by atoms with Crippen LogP contribution in [0.5, 0.6) is 0 Å². The van der Waals surface area contributed by atoms with Crippen LogP contribution < -0.4 is 10.6 Å². The molecule has 0 spiro atoms. The number of carboxylic acid groups (broad SMARTS) is 1. The highest BCUT2D eigenvalue weighted by molar-refractivity contribution is 5.97. The van der Waals surface area contributed by atoms with Crippen molar-refractivity contribution in [3.63, 3.8) is 0 Å². The van der Waals surface area contributed by atoms with Crippen molar-refractivity contribution in [1.82, 2.24) is 10.2 Å². The molecule has 0 aromatic heterocycles. The highest BCUT2D eigenvalue weighted by atomic mass is 16.4. The fourth-order valence-corrected chi connectivity index (χ4v) is 2.97. The standard InChI is InChI=1S/C20H21N3O4/c24-18(21-12-14-5-2-1-3-6-14)15-7-4-8-17(11-15)22-20(27)23-10-9-16(13-23)19(25)26/h1-8,11,16H,9-10,12-13H2,(H,21,24)(H,22,27)(H,25,26). The molecule has 1 unspecified atom stereocenters. The van der Waals surface area contributed by atoms with Crippen molar-refractivity contribution < 1.29 is 19.5 Å². The fraction of sp³-hybridized carbons (Fsp3) is 0.250. The number of amides is 3. The quantitative estimate of drug-likeness (QED) is 0.756. The Morgan fingerprint density at radius 2 is 1.85 bits per heavy atom. The third-order valence-electron chi connectivity index (χ3n) is 4.50. The van der Waals surface area contributed by atoms with Gasteiger partial charge in [0.1, 0.15) is 0 Å². The van der Waals surface area contributed by atoms with Crippen LogP contribution in [0.25, 0.3) is 0 Å². The van der Waals surface area contributed by atoms with Crippen LogP contribution in [0, 0.1) is 5.92 Å². The van der Waals surface area contributed by atoms with E-state index >= 15 is 0 Å². The van der Waals surface area contributed by atoms with E-state index in [4.69, 9.17) is 5.11 Å². The first-order valence-corrected chi connectivity index (χ1v) is 8.74. The number of benzene rings is 2. The summed E-state index contributed by atoms with van der Waals surface area (Å²) in [6, 6.07) is 15.9. The fourth-order valence-electron chi connectivity index (χ4n) is 2.97. The zero-order valence-electron chi connectivity index (χ0n) is 14.7. The van der Waals surface area contributed by atoms with Gasteiger partial charge in [0.15, 0.2) is 0 Å². The average Bonchev–Trinajstić information content (AvgIpc) is 3.18. The van der Waals surface area contributed by atoms with Crippen LogP contribution in [-0.2, 0) is 11.3 Å². The van der Waals surface area contributed by atoms with E-state index < -0.39 is 11.9 Å². The lowest BCUT2D eigenvalue weighted by atomic mass is 10.1. The topological polar surface area (TPSA) is 98.7 Å². The molecule has 0 bridgehead atoms. The summed E-state index contributed by atoms with van der Waals surface area (Å²) in [6.45, 7) is 1.01. The molecular weight excluding hydrogens is 346 g/mol. The summed E-state index contributed by atoms with van der Waals surface area (Å²) in [4.78, 5) is 37.1. The van der Waals surface area contributed by atoms with Crippen molar-refractivity contribution >= 4 is 23.6 Å². The maximum absolute atomic E-state index is 12.3. The Bertz CT molecular complexity index is 838. The number of anilines is 1. The Balaban J connectivity index is 1.57. The van der Waals surface area contributed by atoms with Crippen molar-refractivity contribution in [3.8, 4) is 0 Å². The summed E-state index contributed by atoms with van der Waals surface area (Å²) in [5.74, 6) is -1.64. The summed E-state index contributed by atoms with van der Waals surface area (Å²) in [5, 5.41) is 14.6. The molecule has 3 amide bonds. The van der Waals surface area contributed by atoms with E-state index in [9.17, 15) is 14.4 Å². The molecule has 3 rings (SSSR count). The molecule has 0 aliphatic carbocycles. The van der Waals surface area contributed by atoms with Gasteiger partial charge in [-0.3, -0.25) is 9.59 Å². The van der Waals surface area contributed by atoms with Gasteiger partial charge in [0, 0.05) is 30.9 Å². The van der Waals surface area contributed by atoms with E-state index in [1.54, 1.807) is 24.3 Å². The molecule has 1 saturated heterocycles. The van der Waals surface area contributed by atoms with Gasteiger partial charge in [0.25, 0.3) is 5.91 Å². The van der Waals surface area contributed by atoms with Crippen LogP contribution >= 0.6 is 0 Å². The number of hydrogen-bond acceptors (Lipinski definition) is 3. The van der Waals surface area contributed by atoms with E-state index in [0.29, 0.717) is 30.8 Å². The Morgan fingerprint density at radius 1 is 1.07 bits per heavy atom. The number of nitrogens with one attached hydrogen (secondary N) is 2. The van der Waals surface area contributed by atoms with E-state index in [0.717, 1.165) is 5.56 Å². The molecule has 0 saturated carbocycles. The molecule has 1 aliphatic heterocycles. The molecule has 0 radical (unpaired) electrons. The first-order chi connectivity index (χ1) is 13.0. The van der Waals surface area contributed by atoms with Crippen LogP contribution in [0.15, 0.2) is 54.6 Å². The van der Waals surface area contributed by atoms with Crippen LogP contribution in [0.1, 0.15) is 22.3 Å². The average molecular weight is 367 g/mol. The maximum atomic E-state index is 12.3. The minimum Gasteiger partial charge on any atom is -0.481 e. The Morgan fingerprint density at radius 3 is 2.56 bits per heavy atom. The van der Waals surface area contributed by atoms with Crippen molar-refractivity contribution in [2.24, 2.45) is 5.92 Å². The predicted octanol–water partition coefficient (Wildman–Crippen LogP) is 2.56. The highest BCUT2D eigenvalue weighted by Gasteiger charge is 2.30. The predicted molar refractivity (Wildman–Crippen MR) is 100 cm³/mol. The van der Waals surface area contributed by atoms with Crippen molar-refractivity contribution in [1.29, 1.82) is 0 Å². The largest absolute Gasteiger partial charge is 0.481 e. The zero-order valence-corrected chi connectivity index (χ0v) is 14.7. The van der Waals surface area contributed by atoms with Gasteiger partial charge in [0.05, 0.1) is 5.92 Å². The molecule has 2 aromatic rings. The number of aliphatic carboxylic acids is 1. The Kier molecular flexibility index (Phi) is 5.71. The summed E-state index contributed by atoms with van der Waals surface area (Å²) in [7, 11) is 0. The molecule has 1 atom stereocenters. The molecule has 27 heavy (non-hydrogen) atoms. The first kappa shape index (κ1) is 18.4. The molecule has 7 heteroatoms. The summed E-state index contributed by atoms with van der Waals surface area (Å²) >= 11 is 0. The molecule has 140 valence electrons. The normalized spacial score (nSPS) is 16.0.